The van der Waals surface area contributed by atoms with Crippen molar-refractivity contribution in [3.63, 3.8) is 0 Å². The second-order valence-corrected chi connectivity index (χ2v) is 5.84. The van der Waals surface area contributed by atoms with Crippen molar-refractivity contribution in [2.75, 3.05) is 0 Å². The molecule has 1 aromatic heterocycles. The van der Waals surface area contributed by atoms with Gasteiger partial charge in [0.2, 0.25) is 5.91 Å². The topological polar surface area (TPSA) is 92.4 Å². The molecular formula is C16H14ClF3N2O4. The van der Waals surface area contributed by atoms with Crippen molar-refractivity contribution < 1.29 is 32.3 Å². The lowest BCUT2D eigenvalue weighted by atomic mass is 10.2. The maximum atomic E-state index is 12.3. The number of aromatic nitrogens is 1. The van der Waals surface area contributed by atoms with Crippen molar-refractivity contribution in [3.05, 3.63) is 41.4 Å². The van der Waals surface area contributed by atoms with E-state index in [1.54, 1.807) is 24.3 Å². The van der Waals surface area contributed by atoms with Crippen LogP contribution in [0.3, 0.4) is 0 Å². The molecule has 0 bridgehead atoms. The van der Waals surface area contributed by atoms with Crippen LogP contribution in [0.25, 0.3) is 11.3 Å². The van der Waals surface area contributed by atoms with Crippen LogP contribution < -0.4 is 5.32 Å². The molecule has 0 aliphatic rings. The zero-order chi connectivity index (χ0) is 19.3. The summed E-state index contributed by atoms with van der Waals surface area (Å²) in [5.74, 6) is -1.95. The quantitative estimate of drug-likeness (QED) is 0.755. The lowest BCUT2D eigenvalue weighted by Crippen LogP contribution is -2.43. The van der Waals surface area contributed by atoms with Gasteiger partial charge in [-0.25, -0.2) is 9.78 Å². The van der Waals surface area contributed by atoms with Crippen LogP contribution in [0.4, 0.5) is 13.2 Å². The number of nitrogens with one attached hydrogen (secondary N) is 1. The van der Waals surface area contributed by atoms with Crippen molar-refractivity contribution in [2.45, 2.75) is 31.5 Å². The minimum Gasteiger partial charge on any atom is -0.480 e. The number of carboxylic acids is 1. The number of nitrogens with zero attached hydrogens (tertiary/aromatic N) is 1. The molecule has 0 aliphatic carbocycles. The van der Waals surface area contributed by atoms with Crippen molar-refractivity contribution in [1.29, 1.82) is 0 Å². The average molecular weight is 391 g/mol. The molecule has 2 rings (SSSR count). The maximum Gasteiger partial charge on any atom is 0.391 e. The summed E-state index contributed by atoms with van der Waals surface area (Å²) in [6, 6.07) is 4.73. The van der Waals surface area contributed by atoms with Crippen LogP contribution in [0.5, 0.6) is 0 Å². The first-order valence-electron chi connectivity index (χ1n) is 7.43. The molecule has 0 radical (unpaired) electrons. The van der Waals surface area contributed by atoms with Gasteiger partial charge in [0.25, 0.3) is 0 Å². The van der Waals surface area contributed by atoms with Gasteiger partial charge in [-0.2, -0.15) is 13.2 Å². The molecule has 26 heavy (non-hydrogen) atoms. The number of rotatable bonds is 7. The fourth-order valence-electron chi connectivity index (χ4n) is 2.09. The molecule has 140 valence electrons. The molecule has 1 unspecified atom stereocenters. The van der Waals surface area contributed by atoms with Crippen molar-refractivity contribution in [1.82, 2.24) is 10.3 Å². The number of benzene rings is 1. The first kappa shape index (κ1) is 19.8. The molecule has 1 atom stereocenters. The number of aryl methyl sites for hydroxylation is 1. The van der Waals surface area contributed by atoms with Gasteiger partial charge in [-0.05, 0) is 24.3 Å². The third kappa shape index (κ3) is 6.07. The van der Waals surface area contributed by atoms with Crippen molar-refractivity contribution in [2.24, 2.45) is 0 Å². The van der Waals surface area contributed by atoms with Gasteiger partial charge in [-0.3, -0.25) is 4.79 Å². The third-order valence-corrected chi connectivity index (χ3v) is 3.57. The van der Waals surface area contributed by atoms with E-state index < -0.39 is 30.5 Å². The standard InChI is InChI=1S/C16H14ClF3N2O4/c17-10-3-1-9(2-4-10)12-8-21-14(26-12)6-5-13(23)22-11(15(24)25)7-16(18,19)20/h1-4,8,11H,5-7H2,(H,22,23)(H,24,25). The van der Waals surface area contributed by atoms with Gasteiger partial charge in [0, 0.05) is 23.4 Å². The van der Waals surface area contributed by atoms with Gasteiger partial charge in [-0.1, -0.05) is 11.6 Å². The summed E-state index contributed by atoms with van der Waals surface area (Å²) >= 11 is 5.79. The van der Waals surface area contributed by atoms with E-state index in [1.807, 2.05) is 5.32 Å². The predicted octanol–water partition coefficient (Wildman–Crippen LogP) is 3.45. The molecule has 2 aromatic rings. The molecule has 0 spiro atoms. The molecule has 2 N–H and O–H groups in total. The second-order valence-electron chi connectivity index (χ2n) is 5.40. The first-order valence-corrected chi connectivity index (χ1v) is 7.81. The number of alkyl halides is 3. The molecule has 0 saturated heterocycles. The summed E-state index contributed by atoms with van der Waals surface area (Å²) in [6.07, 6.45) is -5.15. The Morgan fingerprint density at radius 2 is 1.92 bits per heavy atom. The summed E-state index contributed by atoms with van der Waals surface area (Å²) in [5.41, 5.74) is 0.716. The largest absolute Gasteiger partial charge is 0.480 e. The summed E-state index contributed by atoms with van der Waals surface area (Å²) in [6.45, 7) is 0. The smallest absolute Gasteiger partial charge is 0.391 e. The lowest BCUT2D eigenvalue weighted by Gasteiger charge is -2.16. The van der Waals surface area contributed by atoms with E-state index in [9.17, 15) is 22.8 Å². The SMILES string of the molecule is O=C(CCc1ncc(-c2ccc(Cl)cc2)o1)NC(CC(F)(F)F)C(=O)O. The number of carbonyl (C=O) groups is 2. The van der Waals surface area contributed by atoms with E-state index in [0.29, 0.717) is 16.3 Å². The fraction of sp³-hybridized carbons (Fsp3) is 0.312. The molecular weight excluding hydrogens is 377 g/mol. The molecule has 1 heterocycles. The number of oxazole rings is 1. The van der Waals surface area contributed by atoms with Crippen LogP contribution in [-0.4, -0.2) is 34.2 Å². The Morgan fingerprint density at radius 1 is 1.27 bits per heavy atom. The monoisotopic (exact) mass is 390 g/mol. The van der Waals surface area contributed by atoms with Gasteiger partial charge in [0.05, 0.1) is 12.6 Å². The van der Waals surface area contributed by atoms with Gasteiger partial charge >= 0.3 is 12.1 Å². The highest BCUT2D eigenvalue weighted by atomic mass is 35.5. The van der Waals surface area contributed by atoms with Crippen LogP contribution in [-0.2, 0) is 16.0 Å². The van der Waals surface area contributed by atoms with Crippen molar-refractivity contribution >= 4 is 23.5 Å². The fourth-order valence-corrected chi connectivity index (χ4v) is 2.22. The Hall–Kier alpha value is -2.55. The summed E-state index contributed by atoms with van der Waals surface area (Å²) in [5, 5.41) is 11.2. The number of hydrogen-bond acceptors (Lipinski definition) is 4. The van der Waals surface area contributed by atoms with E-state index in [1.165, 1.54) is 6.20 Å². The Bertz CT molecular complexity index is 775. The van der Waals surface area contributed by atoms with E-state index in [0.717, 1.165) is 0 Å². The van der Waals surface area contributed by atoms with Gasteiger partial charge in [0.1, 0.15) is 6.04 Å². The van der Waals surface area contributed by atoms with Crippen LogP contribution >= 0.6 is 11.6 Å². The van der Waals surface area contributed by atoms with E-state index >= 15 is 0 Å². The molecule has 6 nitrogen and oxygen atoms in total. The Balaban J connectivity index is 1.91. The first-order chi connectivity index (χ1) is 12.1. The molecule has 0 fully saturated rings. The highest BCUT2D eigenvalue weighted by molar-refractivity contribution is 6.30. The highest BCUT2D eigenvalue weighted by Crippen LogP contribution is 2.23. The molecule has 10 heteroatoms. The summed E-state index contributed by atoms with van der Waals surface area (Å²) < 4.78 is 42.4. The normalized spacial score (nSPS) is 12.6. The highest BCUT2D eigenvalue weighted by Gasteiger charge is 2.36. The molecule has 1 amide bonds. The van der Waals surface area contributed by atoms with E-state index in [2.05, 4.69) is 4.98 Å². The van der Waals surface area contributed by atoms with E-state index in [-0.39, 0.29) is 18.7 Å². The minimum absolute atomic E-state index is 0.0117. The average Bonchev–Trinajstić information content (AvgIpc) is 3.00. The predicted molar refractivity (Wildman–Crippen MR) is 85.5 cm³/mol. The second kappa shape index (κ2) is 8.22. The number of carbonyl (C=O) groups excluding carboxylic acids is 1. The van der Waals surface area contributed by atoms with Gasteiger partial charge in [0.15, 0.2) is 11.7 Å². The number of halogens is 4. The number of carboxylic acid groups (broad SMARTS) is 1. The maximum absolute atomic E-state index is 12.3. The molecule has 0 aliphatic heterocycles. The zero-order valence-electron chi connectivity index (χ0n) is 13.2. The summed E-state index contributed by atoms with van der Waals surface area (Å²) in [7, 11) is 0. The molecule has 1 aromatic carbocycles. The minimum atomic E-state index is -4.70. The Labute approximate surface area is 151 Å². The zero-order valence-corrected chi connectivity index (χ0v) is 14.0. The van der Waals surface area contributed by atoms with Gasteiger partial charge in [-0.15, -0.1) is 0 Å². The lowest BCUT2D eigenvalue weighted by molar-refractivity contribution is -0.160. The number of amides is 1. The Morgan fingerprint density at radius 3 is 2.50 bits per heavy atom. The van der Waals surface area contributed by atoms with E-state index in [4.69, 9.17) is 21.1 Å². The summed E-state index contributed by atoms with van der Waals surface area (Å²) in [4.78, 5) is 26.5. The Kier molecular flexibility index (Phi) is 6.25. The van der Waals surface area contributed by atoms with Crippen molar-refractivity contribution in [3.8, 4) is 11.3 Å². The van der Waals surface area contributed by atoms with Gasteiger partial charge < -0.3 is 14.8 Å². The van der Waals surface area contributed by atoms with Crippen LogP contribution in [0.1, 0.15) is 18.7 Å². The number of aliphatic carboxylic acids is 1. The van der Waals surface area contributed by atoms with Crippen LogP contribution in [0.2, 0.25) is 5.02 Å². The third-order valence-electron chi connectivity index (χ3n) is 3.32. The van der Waals surface area contributed by atoms with Crippen LogP contribution in [0, 0.1) is 0 Å². The molecule has 0 saturated carbocycles. The number of hydrogen-bond donors (Lipinski definition) is 2. The van der Waals surface area contributed by atoms with Crippen LogP contribution in [0.15, 0.2) is 34.9 Å².